The predicted molar refractivity (Wildman–Crippen MR) is 132 cm³/mol. The zero-order valence-electron chi connectivity index (χ0n) is 18.4. The number of hydrogen-bond donors (Lipinski definition) is 3. The largest absolute Gasteiger partial charge is 0.394 e. The third kappa shape index (κ3) is 6.38. The summed E-state index contributed by atoms with van der Waals surface area (Å²) in [5, 5.41) is 20.4. The Morgan fingerprint density at radius 1 is 0.971 bits per heavy atom. The molecule has 0 amide bonds. The van der Waals surface area contributed by atoms with Gasteiger partial charge in [-0.25, -0.2) is 17.5 Å². The topological polar surface area (TPSA) is 102 Å². The lowest BCUT2D eigenvalue weighted by Crippen LogP contribution is -2.57. The number of hydrogen-bond acceptors (Lipinski definition) is 7. The first kappa shape index (κ1) is 28.7. The van der Waals surface area contributed by atoms with E-state index in [4.69, 9.17) is 4.74 Å². The van der Waals surface area contributed by atoms with Gasteiger partial charge in [-0.1, -0.05) is 18.2 Å². The number of anilines is 1. The van der Waals surface area contributed by atoms with Crippen molar-refractivity contribution >= 4 is 40.5 Å². The van der Waals surface area contributed by atoms with Crippen LogP contribution in [0.1, 0.15) is 0 Å². The lowest BCUT2D eigenvalue weighted by molar-refractivity contribution is -0.0201. The molecule has 0 aromatic heterocycles. The molecule has 4 atom stereocenters. The van der Waals surface area contributed by atoms with E-state index in [-0.39, 0.29) is 42.9 Å². The molecule has 2 aromatic carbocycles. The molecule has 12 heteroatoms. The first-order chi connectivity index (χ1) is 15.4. The number of para-hydroxylation sites is 1. The summed E-state index contributed by atoms with van der Waals surface area (Å²) in [6.07, 6.45) is -2.36. The van der Waals surface area contributed by atoms with Gasteiger partial charge in [-0.15, -0.1) is 24.8 Å². The lowest BCUT2D eigenvalue weighted by Gasteiger charge is -2.41. The van der Waals surface area contributed by atoms with Gasteiger partial charge >= 0.3 is 0 Å². The van der Waals surface area contributed by atoms with Crippen LogP contribution in [-0.4, -0.2) is 87.2 Å². The van der Waals surface area contributed by atoms with Gasteiger partial charge in [0.15, 0.2) is 0 Å². The molecule has 0 radical (unpaired) electrons. The summed E-state index contributed by atoms with van der Waals surface area (Å²) in [5.74, 6) is -0.522. The second-order valence-electron chi connectivity index (χ2n) is 8.04. The van der Waals surface area contributed by atoms with Gasteiger partial charge in [0.2, 0.25) is 10.0 Å². The van der Waals surface area contributed by atoms with E-state index in [1.165, 1.54) is 12.1 Å². The number of piperazine rings is 1. The molecule has 0 unspecified atom stereocenters. The lowest BCUT2D eigenvalue weighted by atomic mass is 10.0. The quantitative estimate of drug-likeness (QED) is 0.488. The van der Waals surface area contributed by atoms with Gasteiger partial charge in [-0.2, -0.15) is 0 Å². The highest BCUT2D eigenvalue weighted by molar-refractivity contribution is 7.89. The summed E-state index contributed by atoms with van der Waals surface area (Å²) in [5.41, 5.74) is 1.13. The van der Waals surface area contributed by atoms with Crippen molar-refractivity contribution in [1.29, 1.82) is 0 Å². The minimum Gasteiger partial charge on any atom is -0.394 e. The summed E-state index contributed by atoms with van der Waals surface area (Å²) in [7, 11) is -3.87. The van der Waals surface area contributed by atoms with Crippen LogP contribution in [0.25, 0.3) is 0 Å². The van der Waals surface area contributed by atoms with E-state index in [1.807, 2.05) is 18.2 Å². The van der Waals surface area contributed by atoms with Crippen molar-refractivity contribution in [1.82, 2.24) is 9.62 Å². The monoisotopic (exact) mass is 537 g/mol. The number of nitrogens with one attached hydrogen (secondary N) is 1. The molecule has 3 N–H and O–H groups in total. The van der Waals surface area contributed by atoms with Gasteiger partial charge < -0.3 is 19.8 Å². The Morgan fingerprint density at radius 2 is 1.59 bits per heavy atom. The fraction of sp³-hybridized carbons (Fsp3) is 0.455. The van der Waals surface area contributed by atoms with Crippen LogP contribution in [0.3, 0.4) is 0 Å². The highest BCUT2D eigenvalue weighted by atomic mass is 35.5. The number of aliphatic hydroxyl groups excluding tert-OH is 2. The molecule has 2 saturated heterocycles. The van der Waals surface area contributed by atoms with Gasteiger partial charge in [-0.3, -0.25) is 4.90 Å². The molecule has 2 aliphatic rings. The molecule has 4 rings (SSSR count). The zero-order chi connectivity index (χ0) is 22.7. The molecular formula is C22H30Cl2FN3O5S. The third-order valence-corrected chi connectivity index (χ3v) is 7.54. The van der Waals surface area contributed by atoms with Crippen LogP contribution in [0.5, 0.6) is 0 Å². The Kier molecular flexibility index (Phi) is 10.5. The fourth-order valence-corrected chi connectivity index (χ4v) is 5.45. The van der Waals surface area contributed by atoms with Crippen molar-refractivity contribution in [3.05, 3.63) is 60.4 Å². The SMILES string of the molecule is Cl.Cl.O=S(=O)(NC[C@H]1O[C@@H](CO)[C@@H](O)[C@H]1N1CCN(c2ccccc2)CC1)c1ccc(F)cc1. The van der Waals surface area contributed by atoms with Gasteiger partial charge in [0.25, 0.3) is 0 Å². The van der Waals surface area contributed by atoms with Crippen LogP contribution >= 0.6 is 24.8 Å². The Balaban J connectivity index is 0.00000204. The minimum atomic E-state index is -3.87. The van der Waals surface area contributed by atoms with Crippen LogP contribution in [0.2, 0.25) is 0 Å². The molecule has 2 fully saturated rings. The van der Waals surface area contributed by atoms with Crippen LogP contribution in [0.15, 0.2) is 59.5 Å². The second-order valence-corrected chi connectivity index (χ2v) is 9.81. The Morgan fingerprint density at radius 3 is 2.18 bits per heavy atom. The average Bonchev–Trinajstić information content (AvgIpc) is 3.14. The summed E-state index contributed by atoms with van der Waals surface area (Å²) in [4.78, 5) is 4.30. The summed E-state index contributed by atoms with van der Waals surface area (Å²) >= 11 is 0. The van der Waals surface area contributed by atoms with E-state index in [0.29, 0.717) is 13.1 Å². The molecule has 2 aromatic rings. The number of ether oxygens (including phenoxy) is 1. The van der Waals surface area contributed by atoms with E-state index < -0.39 is 40.2 Å². The molecule has 0 spiro atoms. The molecule has 8 nitrogen and oxygen atoms in total. The van der Waals surface area contributed by atoms with Crippen LogP contribution in [0.4, 0.5) is 10.1 Å². The summed E-state index contributed by atoms with van der Waals surface area (Å²) in [6.45, 7) is 2.41. The van der Waals surface area contributed by atoms with Crippen molar-refractivity contribution in [3.8, 4) is 0 Å². The van der Waals surface area contributed by atoms with Crippen LogP contribution in [-0.2, 0) is 14.8 Å². The number of sulfonamides is 1. The predicted octanol–water partition coefficient (Wildman–Crippen LogP) is 1.26. The minimum absolute atomic E-state index is 0. The van der Waals surface area contributed by atoms with Gasteiger partial charge in [0.05, 0.1) is 23.6 Å². The normalized spacial score (nSPS) is 25.4. The van der Waals surface area contributed by atoms with Crippen molar-refractivity contribution < 1.29 is 27.8 Å². The standard InChI is InChI=1S/C22H28FN3O5S.2ClH/c23-16-6-8-18(9-7-16)32(29,30)24-14-19-21(22(28)20(15-27)31-19)26-12-10-25(11-13-26)17-4-2-1-3-5-17;;/h1-9,19-22,24,27-28H,10-15H2;2*1H/t19-,20+,21+,22-;;/m1../s1. The Hall–Kier alpha value is -1.50. The highest BCUT2D eigenvalue weighted by Gasteiger charge is 2.47. The maximum absolute atomic E-state index is 13.1. The molecule has 0 saturated carbocycles. The van der Waals surface area contributed by atoms with Crippen LogP contribution < -0.4 is 9.62 Å². The van der Waals surface area contributed by atoms with Gasteiger partial charge in [0, 0.05) is 38.4 Å². The molecule has 0 bridgehead atoms. The van der Waals surface area contributed by atoms with Crippen molar-refractivity contribution in [2.24, 2.45) is 0 Å². The number of benzene rings is 2. The van der Waals surface area contributed by atoms with E-state index in [2.05, 4.69) is 26.7 Å². The first-order valence-corrected chi connectivity index (χ1v) is 12.1. The van der Waals surface area contributed by atoms with Crippen LogP contribution in [0, 0.1) is 5.82 Å². The number of halogens is 3. The van der Waals surface area contributed by atoms with Gasteiger partial charge in [0.1, 0.15) is 18.0 Å². The molecule has 0 aliphatic carbocycles. The fourth-order valence-electron chi connectivity index (χ4n) is 4.40. The number of nitrogens with zero attached hydrogens (tertiary/aromatic N) is 2. The maximum atomic E-state index is 13.1. The first-order valence-electron chi connectivity index (χ1n) is 10.6. The van der Waals surface area contributed by atoms with Gasteiger partial charge in [-0.05, 0) is 36.4 Å². The zero-order valence-corrected chi connectivity index (χ0v) is 20.8. The molecular weight excluding hydrogens is 508 g/mol. The molecule has 2 aliphatic heterocycles. The number of rotatable bonds is 7. The van der Waals surface area contributed by atoms with E-state index >= 15 is 0 Å². The van der Waals surface area contributed by atoms with Crippen molar-refractivity contribution in [2.75, 3.05) is 44.2 Å². The summed E-state index contributed by atoms with van der Waals surface area (Å²) in [6, 6.07) is 14.2. The van der Waals surface area contributed by atoms with Crippen molar-refractivity contribution in [3.63, 3.8) is 0 Å². The average molecular weight is 538 g/mol. The molecule has 34 heavy (non-hydrogen) atoms. The highest BCUT2D eigenvalue weighted by Crippen LogP contribution is 2.28. The van der Waals surface area contributed by atoms with Crippen molar-refractivity contribution in [2.45, 2.75) is 29.2 Å². The van der Waals surface area contributed by atoms with E-state index in [1.54, 1.807) is 0 Å². The number of aliphatic hydroxyl groups is 2. The summed E-state index contributed by atoms with van der Waals surface area (Å²) < 4.78 is 46.6. The molecule has 2 heterocycles. The maximum Gasteiger partial charge on any atom is 0.240 e. The smallest absolute Gasteiger partial charge is 0.240 e. The third-order valence-electron chi connectivity index (χ3n) is 6.10. The Labute approximate surface area is 211 Å². The molecule has 190 valence electrons. The van der Waals surface area contributed by atoms with E-state index in [9.17, 15) is 23.0 Å². The Bertz CT molecular complexity index is 995. The second kappa shape index (κ2) is 12.5. The van der Waals surface area contributed by atoms with E-state index in [0.717, 1.165) is 30.9 Å².